The summed E-state index contributed by atoms with van der Waals surface area (Å²) >= 11 is 1.15. The summed E-state index contributed by atoms with van der Waals surface area (Å²) in [5, 5.41) is 9.27. The predicted molar refractivity (Wildman–Crippen MR) is 114 cm³/mol. The molecule has 2 aromatic rings. The number of carbonyl (C=O) groups is 1. The van der Waals surface area contributed by atoms with Gasteiger partial charge in [-0.1, -0.05) is 13.0 Å². The fourth-order valence-electron chi connectivity index (χ4n) is 3.69. The van der Waals surface area contributed by atoms with Gasteiger partial charge in [-0.3, -0.25) is 0 Å². The van der Waals surface area contributed by atoms with Crippen LogP contribution in [0.1, 0.15) is 54.6 Å². The van der Waals surface area contributed by atoms with Gasteiger partial charge in [-0.15, -0.1) is 0 Å². The van der Waals surface area contributed by atoms with Crippen molar-refractivity contribution in [2.45, 2.75) is 56.6 Å². The van der Waals surface area contributed by atoms with E-state index in [-0.39, 0.29) is 11.6 Å². The molecule has 2 N–H and O–H groups in total. The largest absolute Gasteiger partial charge is 0.478 e. The zero-order valence-corrected chi connectivity index (χ0v) is 17.7. The van der Waals surface area contributed by atoms with E-state index in [0.29, 0.717) is 17.0 Å². The summed E-state index contributed by atoms with van der Waals surface area (Å²) in [5.41, 5.74) is 1.47. The number of hydrogen-bond donors (Lipinski definition) is 2. The monoisotopic (exact) mass is 438 g/mol. The van der Waals surface area contributed by atoms with Crippen molar-refractivity contribution in [3.05, 3.63) is 53.1 Å². The third-order valence-electron chi connectivity index (χ3n) is 5.40. The molecule has 0 bridgehead atoms. The Labute approximate surface area is 178 Å². The van der Waals surface area contributed by atoms with Gasteiger partial charge in [0.25, 0.3) is 0 Å². The summed E-state index contributed by atoms with van der Waals surface area (Å²) in [6, 6.07) is 8.86. The van der Waals surface area contributed by atoms with Gasteiger partial charge in [0.1, 0.15) is 0 Å². The third kappa shape index (κ3) is 5.03. The molecule has 0 amide bonds. The van der Waals surface area contributed by atoms with E-state index in [2.05, 4.69) is 16.5 Å². The third-order valence-corrected chi connectivity index (χ3v) is 6.32. The van der Waals surface area contributed by atoms with Crippen LogP contribution in [0.4, 0.5) is 24.5 Å². The summed E-state index contributed by atoms with van der Waals surface area (Å²) in [6.07, 6.45) is -0.655. The van der Waals surface area contributed by atoms with Gasteiger partial charge in [0.05, 0.1) is 22.5 Å². The van der Waals surface area contributed by atoms with Crippen LogP contribution in [0.15, 0.2) is 41.3 Å². The maximum Gasteiger partial charge on any atom is 0.416 e. The number of nitrogens with zero attached hydrogens (tertiary/aromatic N) is 1. The van der Waals surface area contributed by atoms with Crippen molar-refractivity contribution in [3.8, 4) is 0 Å². The Morgan fingerprint density at radius 3 is 2.63 bits per heavy atom. The van der Waals surface area contributed by atoms with Crippen molar-refractivity contribution < 1.29 is 23.1 Å². The lowest BCUT2D eigenvalue weighted by atomic mass is 10.0. The minimum atomic E-state index is -4.44. The summed E-state index contributed by atoms with van der Waals surface area (Å²) in [5.74, 6) is -1.04. The molecule has 162 valence electrons. The summed E-state index contributed by atoms with van der Waals surface area (Å²) < 4.78 is 43.1. The smallest absolute Gasteiger partial charge is 0.416 e. The number of rotatable bonds is 6. The molecule has 0 aliphatic carbocycles. The van der Waals surface area contributed by atoms with Crippen molar-refractivity contribution in [1.29, 1.82) is 0 Å². The van der Waals surface area contributed by atoms with E-state index in [1.807, 2.05) is 6.92 Å². The molecule has 1 aliphatic heterocycles. The highest BCUT2D eigenvalue weighted by Crippen LogP contribution is 2.39. The zero-order chi connectivity index (χ0) is 21.9. The van der Waals surface area contributed by atoms with E-state index in [0.717, 1.165) is 61.1 Å². The van der Waals surface area contributed by atoms with Gasteiger partial charge in [0.15, 0.2) is 0 Å². The first-order chi connectivity index (χ1) is 14.2. The lowest BCUT2D eigenvalue weighted by Crippen LogP contribution is -2.37. The van der Waals surface area contributed by atoms with Crippen LogP contribution in [0.3, 0.4) is 0 Å². The predicted octanol–water partition coefficient (Wildman–Crippen LogP) is 6.46. The van der Waals surface area contributed by atoms with E-state index in [1.165, 1.54) is 12.1 Å². The Balaban J connectivity index is 1.95. The topological polar surface area (TPSA) is 52.6 Å². The Morgan fingerprint density at radius 1 is 1.23 bits per heavy atom. The molecule has 0 saturated carbocycles. The van der Waals surface area contributed by atoms with Gasteiger partial charge in [0, 0.05) is 17.5 Å². The summed E-state index contributed by atoms with van der Waals surface area (Å²) in [4.78, 5) is 14.1. The number of benzene rings is 2. The van der Waals surface area contributed by atoms with E-state index < -0.39 is 17.7 Å². The zero-order valence-electron chi connectivity index (χ0n) is 16.9. The molecular weight excluding hydrogens is 413 g/mol. The molecule has 4 nitrogen and oxygen atoms in total. The maximum absolute atomic E-state index is 13.3. The first kappa shape index (κ1) is 22.3. The first-order valence-electron chi connectivity index (χ1n) is 9.97. The second-order valence-electron chi connectivity index (χ2n) is 7.45. The normalized spacial score (nSPS) is 17.1. The quantitative estimate of drug-likeness (QED) is 0.507. The molecular formula is C22H25F3N2O2S. The Kier molecular flexibility index (Phi) is 6.85. The number of carboxylic acid groups (broad SMARTS) is 1. The minimum absolute atomic E-state index is 0.144. The molecule has 0 spiro atoms. The highest BCUT2D eigenvalue weighted by Gasteiger charge is 2.32. The standard InChI is InChI=1S/C22H25F3N2O2S/c1-3-15-7-8-16(21(28)29)12-20(15)30-26-18-13-17(22(23,24)25)9-10-19(18)27-11-5-4-6-14(27)2/h7-10,12-14,26H,3-6,11H2,1-2H3,(H,28,29). The molecule has 1 fully saturated rings. The van der Waals surface area contributed by atoms with Crippen LogP contribution in [-0.4, -0.2) is 23.7 Å². The molecule has 0 radical (unpaired) electrons. The van der Waals surface area contributed by atoms with Crippen LogP contribution in [0.5, 0.6) is 0 Å². The Morgan fingerprint density at radius 2 is 2.00 bits per heavy atom. The van der Waals surface area contributed by atoms with Gasteiger partial charge < -0.3 is 14.7 Å². The van der Waals surface area contributed by atoms with E-state index in [9.17, 15) is 23.1 Å². The highest BCUT2D eigenvalue weighted by atomic mass is 32.2. The molecule has 1 heterocycles. The highest BCUT2D eigenvalue weighted by molar-refractivity contribution is 8.00. The van der Waals surface area contributed by atoms with Crippen LogP contribution in [0.2, 0.25) is 0 Å². The van der Waals surface area contributed by atoms with Gasteiger partial charge in [-0.2, -0.15) is 13.2 Å². The number of aryl methyl sites for hydroxylation is 1. The summed E-state index contributed by atoms with van der Waals surface area (Å²) in [6.45, 7) is 4.82. The number of carboxylic acids is 1. The number of halogens is 3. The number of aromatic carboxylic acids is 1. The van der Waals surface area contributed by atoms with Crippen molar-refractivity contribution in [2.24, 2.45) is 0 Å². The SMILES string of the molecule is CCc1ccc(C(=O)O)cc1SNc1cc(C(F)(F)F)ccc1N1CCCCC1C. The van der Waals surface area contributed by atoms with Crippen molar-refractivity contribution in [2.75, 3.05) is 16.2 Å². The molecule has 1 unspecified atom stereocenters. The molecule has 2 aromatic carbocycles. The Hall–Kier alpha value is -2.35. The van der Waals surface area contributed by atoms with Crippen LogP contribution < -0.4 is 9.62 Å². The summed E-state index contributed by atoms with van der Waals surface area (Å²) in [7, 11) is 0. The molecule has 1 saturated heterocycles. The molecule has 0 aromatic heterocycles. The van der Waals surface area contributed by atoms with Crippen molar-refractivity contribution in [3.63, 3.8) is 0 Å². The molecule has 3 rings (SSSR count). The van der Waals surface area contributed by atoms with Gasteiger partial charge in [-0.05, 0) is 80.5 Å². The molecule has 1 atom stereocenters. The number of nitrogens with one attached hydrogen (secondary N) is 1. The van der Waals surface area contributed by atoms with Crippen LogP contribution in [-0.2, 0) is 12.6 Å². The fourth-order valence-corrected chi connectivity index (χ4v) is 4.60. The minimum Gasteiger partial charge on any atom is -0.478 e. The first-order valence-corrected chi connectivity index (χ1v) is 10.8. The van der Waals surface area contributed by atoms with Gasteiger partial charge >= 0.3 is 12.1 Å². The van der Waals surface area contributed by atoms with Crippen molar-refractivity contribution >= 4 is 29.3 Å². The second kappa shape index (κ2) is 9.20. The lowest BCUT2D eigenvalue weighted by Gasteiger charge is -2.36. The van der Waals surface area contributed by atoms with E-state index in [4.69, 9.17) is 0 Å². The van der Waals surface area contributed by atoms with Gasteiger partial charge in [-0.25, -0.2) is 4.79 Å². The molecule has 30 heavy (non-hydrogen) atoms. The molecule has 1 aliphatic rings. The number of piperidine rings is 1. The van der Waals surface area contributed by atoms with Crippen LogP contribution >= 0.6 is 11.9 Å². The number of alkyl halides is 3. The lowest BCUT2D eigenvalue weighted by molar-refractivity contribution is -0.137. The van der Waals surface area contributed by atoms with Crippen molar-refractivity contribution in [1.82, 2.24) is 0 Å². The maximum atomic E-state index is 13.3. The Bertz CT molecular complexity index is 918. The van der Waals surface area contributed by atoms with E-state index >= 15 is 0 Å². The molecule has 8 heteroatoms. The van der Waals surface area contributed by atoms with Crippen LogP contribution in [0, 0.1) is 0 Å². The van der Waals surface area contributed by atoms with E-state index in [1.54, 1.807) is 12.1 Å². The fraction of sp³-hybridized carbons (Fsp3) is 0.409. The average molecular weight is 439 g/mol. The number of anilines is 2. The second-order valence-corrected chi connectivity index (χ2v) is 8.30. The van der Waals surface area contributed by atoms with Crippen LogP contribution in [0.25, 0.3) is 0 Å². The average Bonchev–Trinajstić information content (AvgIpc) is 2.71. The van der Waals surface area contributed by atoms with Gasteiger partial charge in [0.2, 0.25) is 0 Å². The number of hydrogen-bond acceptors (Lipinski definition) is 4.